The molecule has 0 radical (unpaired) electrons. The van der Waals surface area contributed by atoms with Crippen molar-refractivity contribution < 1.29 is 33.4 Å². The molecular formula is C25H42N4O7. The van der Waals surface area contributed by atoms with E-state index in [1.807, 2.05) is 6.92 Å². The lowest BCUT2D eigenvalue weighted by Crippen LogP contribution is -2.65. The van der Waals surface area contributed by atoms with Crippen molar-refractivity contribution in [3.63, 3.8) is 0 Å². The Balaban J connectivity index is 2.17. The van der Waals surface area contributed by atoms with Crippen LogP contribution in [0, 0.1) is 5.92 Å². The maximum atomic E-state index is 13.6. The normalized spacial score (nSPS) is 19.1. The van der Waals surface area contributed by atoms with Gasteiger partial charge in [-0.2, -0.15) is 0 Å². The Bertz CT molecular complexity index is 789. The maximum Gasteiger partial charge on any atom is 0.328 e. The molecule has 3 N–H and O–H groups in total. The summed E-state index contributed by atoms with van der Waals surface area (Å²) in [5.41, 5.74) is -1.15. The Morgan fingerprint density at radius 3 is 2.19 bits per heavy atom. The molecule has 36 heavy (non-hydrogen) atoms. The highest BCUT2D eigenvalue weighted by Gasteiger charge is 2.43. The molecule has 0 unspecified atom stereocenters. The molecule has 0 spiro atoms. The zero-order valence-electron chi connectivity index (χ0n) is 22.0. The second-order valence-electron chi connectivity index (χ2n) is 9.92. The first kappa shape index (κ1) is 29.5. The van der Waals surface area contributed by atoms with Crippen molar-refractivity contribution in [2.75, 3.05) is 33.4 Å². The van der Waals surface area contributed by atoms with E-state index in [-0.39, 0.29) is 18.4 Å². The summed E-state index contributed by atoms with van der Waals surface area (Å²) in [7, 11) is 1.21. The summed E-state index contributed by atoms with van der Waals surface area (Å²) < 4.78 is 10.0. The van der Waals surface area contributed by atoms with Crippen LogP contribution in [0.1, 0.15) is 72.1 Å². The Morgan fingerprint density at radius 2 is 1.64 bits per heavy atom. The summed E-state index contributed by atoms with van der Waals surface area (Å²) in [5, 5.41) is 8.18. The van der Waals surface area contributed by atoms with Gasteiger partial charge in [0.1, 0.15) is 11.6 Å². The number of amides is 4. The fourth-order valence-electron chi connectivity index (χ4n) is 4.58. The minimum absolute atomic E-state index is 0.270. The van der Waals surface area contributed by atoms with E-state index < -0.39 is 41.2 Å². The Hall–Kier alpha value is -2.69. The quantitative estimate of drug-likeness (QED) is 0.281. The van der Waals surface area contributed by atoms with Gasteiger partial charge in [0.15, 0.2) is 0 Å². The number of morpholine rings is 1. The summed E-state index contributed by atoms with van der Waals surface area (Å²) in [4.78, 5) is 66.1. The number of esters is 1. The lowest BCUT2D eigenvalue weighted by molar-refractivity contribution is -0.148. The number of nitrogens with zero attached hydrogens (tertiary/aromatic N) is 1. The van der Waals surface area contributed by atoms with Crippen molar-refractivity contribution in [2.45, 2.75) is 89.8 Å². The van der Waals surface area contributed by atoms with E-state index in [9.17, 15) is 24.0 Å². The number of nitrogens with one attached hydrogen (secondary N) is 3. The molecule has 1 aliphatic carbocycles. The molecule has 4 amide bonds. The number of hydrogen-bond acceptors (Lipinski definition) is 7. The highest BCUT2D eigenvalue weighted by Crippen LogP contribution is 2.29. The lowest BCUT2D eigenvalue weighted by atomic mass is 9.80. The first-order valence-electron chi connectivity index (χ1n) is 13.0. The Labute approximate surface area is 213 Å². The van der Waals surface area contributed by atoms with E-state index in [1.165, 1.54) is 7.11 Å². The minimum atomic E-state index is -1.15. The summed E-state index contributed by atoms with van der Waals surface area (Å²) in [6, 6.07) is -2.38. The fourth-order valence-corrected chi connectivity index (χ4v) is 4.58. The van der Waals surface area contributed by atoms with Crippen LogP contribution in [0.15, 0.2) is 0 Å². The first-order chi connectivity index (χ1) is 17.1. The molecule has 1 saturated carbocycles. The van der Waals surface area contributed by atoms with Gasteiger partial charge in [-0.25, -0.2) is 9.59 Å². The number of ketones is 1. The average molecular weight is 511 g/mol. The largest absolute Gasteiger partial charge is 0.467 e. The van der Waals surface area contributed by atoms with Crippen molar-refractivity contribution >= 4 is 29.6 Å². The minimum Gasteiger partial charge on any atom is -0.467 e. The molecule has 1 aliphatic heterocycles. The van der Waals surface area contributed by atoms with Crippen LogP contribution in [0.5, 0.6) is 0 Å². The monoisotopic (exact) mass is 510 g/mol. The number of carbonyl (C=O) groups is 5. The first-order valence-corrected chi connectivity index (χ1v) is 13.0. The van der Waals surface area contributed by atoms with Crippen LogP contribution in [0.25, 0.3) is 0 Å². The third-order valence-electron chi connectivity index (χ3n) is 6.89. The van der Waals surface area contributed by atoms with E-state index in [1.54, 1.807) is 18.7 Å². The molecule has 2 aliphatic rings. The van der Waals surface area contributed by atoms with Gasteiger partial charge in [0.25, 0.3) is 5.91 Å². The van der Waals surface area contributed by atoms with Gasteiger partial charge in [0.2, 0.25) is 11.7 Å². The predicted octanol–water partition coefficient (Wildman–Crippen LogP) is 1.29. The molecule has 0 aromatic rings. The van der Waals surface area contributed by atoms with Crippen molar-refractivity contribution in [3.05, 3.63) is 0 Å². The molecule has 11 nitrogen and oxygen atoms in total. The molecule has 2 rings (SSSR count). The molecule has 11 heteroatoms. The molecule has 1 heterocycles. The van der Waals surface area contributed by atoms with Crippen LogP contribution in [0.4, 0.5) is 4.79 Å². The van der Waals surface area contributed by atoms with Gasteiger partial charge in [0.05, 0.1) is 26.4 Å². The fraction of sp³-hybridized carbons (Fsp3) is 0.800. The van der Waals surface area contributed by atoms with Gasteiger partial charge >= 0.3 is 12.0 Å². The molecular weight excluding hydrogens is 468 g/mol. The smallest absolute Gasteiger partial charge is 0.328 e. The average Bonchev–Trinajstić information content (AvgIpc) is 2.89. The van der Waals surface area contributed by atoms with Crippen LogP contribution in [-0.4, -0.2) is 85.5 Å². The second kappa shape index (κ2) is 14.2. The predicted molar refractivity (Wildman–Crippen MR) is 132 cm³/mol. The Morgan fingerprint density at radius 1 is 1.00 bits per heavy atom. The van der Waals surface area contributed by atoms with Gasteiger partial charge in [0, 0.05) is 13.1 Å². The summed E-state index contributed by atoms with van der Waals surface area (Å²) in [5.74, 6) is -3.17. The lowest BCUT2D eigenvalue weighted by Gasteiger charge is -2.39. The standard InChI is InChI=1S/C25H42N4O7/c1-5-6-10-18(20(30)21(31)27-19(17(2)3)22(32)35-4)26-23(33)25(11-8-7-9-12-25)28-24(34)29-13-15-36-16-14-29/h17-19H,5-16H2,1-4H3,(H,26,33)(H,27,31)(H,28,34)/t18-,19+/m0/s1. The number of ether oxygens (including phenoxy) is 2. The van der Waals surface area contributed by atoms with Crippen LogP contribution in [0.3, 0.4) is 0 Å². The van der Waals surface area contributed by atoms with Crippen LogP contribution < -0.4 is 16.0 Å². The van der Waals surface area contributed by atoms with E-state index >= 15 is 0 Å². The summed E-state index contributed by atoms with van der Waals surface area (Å²) in [6.07, 6.45) is 5.03. The third kappa shape index (κ3) is 7.91. The molecule has 2 fully saturated rings. The zero-order chi connectivity index (χ0) is 26.7. The molecule has 1 saturated heterocycles. The van der Waals surface area contributed by atoms with Crippen molar-refractivity contribution in [1.82, 2.24) is 20.9 Å². The van der Waals surface area contributed by atoms with Crippen molar-refractivity contribution in [3.8, 4) is 0 Å². The van der Waals surface area contributed by atoms with Crippen LogP contribution in [0.2, 0.25) is 0 Å². The number of unbranched alkanes of at least 4 members (excludes halogenated alkanes) is 1. The zero-order valence-corrected chi connectivity index (χ0v) is 22.0. The van der Waals surface area contributed by atoms with Crippen LogP contribution >= 0.6 is 0 Å². The molecule has 0 bridgehead atoms. The topological polar surface area (TPSA) is 143 Å². The maximum absolute atomic E-state index is 13.6. The summed E-state index contributed by atoms with van der Waals surface area (Å²) >= 11 is 0. The van der Waals surface area contributed by atoms with Gasteiger partial charge in [-0.15, -0.1) is 0 Å². The van der Waals surface area contributed by atoms with E-state index in [2.05, 4.69) is 16.0 Å². The van der Waals surface area contributed by atoms with Crippen molar-refractivity contribution in [1.29, 1.82) is 0 Å². The number of hydrogen-bond donors (Lipinski definition) is 3. The van der Waals surface area contributed by atoms with Crippen molar-refractivity contribution in [2.24, 2.45) is 5.92 Å². The molecule has 0 aromatic carbocycles. The Kier molecular flexibility index (Phi) is 11.6. The van der Waals surface area contributed by atoms with Gasteiger partial charge in [-0.3, -0.25) is 14.4 Å². The van der Waals surface area contributed by atoms with Gasteiger partial charge in [-0.1, -0.05) is 52.9 Å². The van der Waals surface area contributed by atoms with Gasteiger partial charge in [-0.05, 0) is 25.2 Å². The van der Waals surface area contributed by atoms with E-state index in [0.29, 0.717) is 45.6 Å². The van der Waals surface area contributed by atoms with Gasteiger partial charge < -0.3 is 30.3 Å². The number of methoxy groups -OCH3 is 1. The van der Waals surface area contributed by atoms with E-state index in [4.69, 9.17) is 9.47 Å². The third-order valence-corrected chi connectivity index (χ3v) is 6.89. The number of rotatable bonds is 11. The van der Waals surface area contributed by atoms with Crippen LogP contribution in [-0.2, 0) is 28.7 Å². The molecule has 204 valence electrons. The van der Waals surface area contributed by atoms with E-state index in [0.717, 1.165) is 25.7 Å². The number of carbonyl (C=O) groups excluding carboxylic acids is 5. The summed E-state index contributed by atoms with van der Waals surface area (Å²) in [6.45, 7) is 7.17. The molecule has 0 aromatic heterocycles. The number of Topliss-reactive ketones (excluding diaryl/α,β-unsaturated/α-hetero) is 1. The second-order valence-corrected chi connectivity index (χ2v) is 9.92. The highest BCUT2D eigenvalue weighted by atomic mass is 16.5. The molecule has 2 atom stereocenters. The SMILES string of the molecule is CCCC[C@H](NC(=O)C1(NC(=O)N2CCOCC2)CCCCC1)C(=O)C(=O)N[C@@H](C(=O)OC)C(C)C. The number of urea groups is 1. The highest BCUT2D eigenvalue weighted by molar-refractivity contribution is 6.38.